The first kappa shape index (κ1) is 26.3. The van der Waals surface area contributed by atoms with Crippen molar-refractivity contribution in [3.05, 3.63) is 23.4 Å². The van der Waals surface area contributed by atoms with Gasteiger partial charge in [-0.15, -0.1) is 0 Å². The minimum Gasteiger partial charge on any atom is -0.480 e. The summed E-state index contributed by atoms with van der Waals surface area (Å²) in [4.78, 5) is 26.1. The lowest BCUT2D eigenvalue weighted by Gasteiger charge is -2.22. The third kappa shape index (κ3) is 7.76. The minimum absolute atomic E-state index is 0.00178. The molecular weight excluding hydrogens is 466 g/mol. The summed E-state index contributed by atoms with van der Waals surface area (Å²) in [6.45, 7) is 4.27. The molecule has 1 heterocycles. The van der Waals surface area contributed by atoms with Gasteiger partial charge in [0, 0.05) is 18.2 Å². The number of nitrogens with zero attached hydrogens (tertiary/aromatic N) is 1. The number of alkyl halides is 6. The molecule has 2 N–H and O–H groups in total. The number of hydrogen-bond donors (Lipinski definition) is 2. The van der Waals surface area contributed by atoms with Crippen molar-refractivity contribution in [1.29, 1.82) is 0 Å². The first-order chi connectivity index (χ1) is 13.7. The third-order valence-electron chi connectivity index (χ3n) is 3.14. The molecule has 0 bridgehead atoms. The van der Waals surface area contributed by atoms with Crippen LogP contribution in [0.2, 0.25) is 0 Å². The van der Waals surface area contributed by atoms with Crippen molar-refractivity contribution >= 4 is 22.2 Å². The Kier molecular flexibility index (Phi) is 7.42. The number of aromatic nitrogens is 1. The van der Waals surface area contributed by atoms with Gasteiger partial charge in [0.1, 0.15) is 11.6 Å². The molecule has 0 spiro atoms. The highest BCUT2D eigenvalue weighted by Crippen LogP contribution is 2.33. The van der Waals surface area contributed by atoms with E-state index in [0.717, 1.165) is 0 Å². The maximum atomic E-state index is 12.9. The minimum atomic E-state index is -6.33. The Bertz CT molecular complexity index is 939. The van der Waals surface area contributed by atoms with Crippen LogP contribution in [0.15, 0.2) is 12.3 Å². The molecule has 9 nitrogen and oxygen atoms in total. The first-order valence-electron chi connectivity index (χ1n) is 8.02. The average molecular weight is 482 g/mol. The Balaban J connectivity index is 3.37. The van der Waals surface area contributed by atoms with Crippen molar-refractivity contribution < 1.29 is 58.4 Å². The van der Waals surface area contributed by atoms with Gasteiger partial charge in [-0.05, 0) is 26.8 Å². The lowest BCUT2D eigenvalue weighted by Crippen LogP contribution is -2.44. The largest absolute Gasteiger partial charge is 0.534 e. The number of amides is 1. The van der Waals surface area contributed by atoms with Gasteiger partial charge >= 0.3 is 33.9 Å². The number of carbonyl (C=O) groups is 2. The summed E-state index contributed by atoms with van der Waals surface area (Å²) < 4.78 is 107. The van der Waals surface area contributed by atoms with E-state index in [4.69, 9.17) is 4.74 Å². The standard InChI is InChI=1S/C15H16F6N2O7S/c1-13(2,3)29-12(26)23-9(11(24)25)5-7-4-8(14(16,17)18)6-22-10(7)30-31(27,28)15(19,20)21/h4,6,9H,5H2,1-3H3,(H,23,26)(H,24,25)/t9-/m0/s1. The van der Waals surface area contributed by atoms with Crippen molar-refractivity contribution in [2.24, 2.45) is 0 Å². The zero-order valence-electron chi connectivity index (χ0n) is 16.0. The van der Waals surface area contributed by atoms with Gasteiger partial charge in [-0.25, -0.2) is 14.6 Å². The van der Waals surface area contributed by atoms with Crippen molar-refractivity contribution in [2.75, 3.05) is 0 Å². The van der Waals surface area contributed by atoms with Crippen LogP contribution in [-0.4, -0.2) is 47.7 Å². The quantitative estimate of drug-likeness (QED) is 0.360. The number of pyridine rings is 1. The molecule has 176 valence electrons. The highest BCUT2D eigenvalue weighted by Gasteiger charge is 2.49. The van der Waals surface area contributed by atoms with Crippen LogP contribution in [0.4, 0.5) is 31.1 Å². The van der Waals surface area contributed by atoms with E-state index in [1.54, 1.807) is 5.32 Å². The van der Waals surface area contributed by atoms with E-state index in [1.165, 1.54) is 20.8 Å². The van der Waals surface area contributed by atoms with E-state index in [0.29, 0.717) is 0 Å². The molecule has 0 aliphatic carbocycles. The molecular formula is C15H16F6N2O7S. The van der Waals surface area contributed by atoms with Gasteiger partial charge in [-0.2, -0.15) is 34.8 Å². The average Bonchev–Trinajstić information content (AvgIpc) is 2.51. The molecule has 0 aliphatic rings. The van der Waals surface area contributed by atoms with E-state index in [1.807, 2.05) is 0 Å². The van der Waals surface area contributed by atoms with Gasteiger partial charge in [0.15, 0.2) is 0 Å². The number of hydrogen-bond acceptors (Lipinski definition) is 7. The fourth-order valence-corrected chi connectivity index (χ4v) is 2.35. The van der Waals surface area contributed by atoms with Gasteiger partial charge in [-0.3, -0.25) is 0 Å². The van der Waals surface area contributed by atoms with Crippen LogP contribution in [0.25, 0.3) is 0 Å². The van der Waals surface area contributed by atoms with Crippen LogP contribution in [0, 0.1) is 0 Å². The van der Waals surface area contributed by atoms with Crippen molar-refractivity contribution in [1.82, 2.24) is 10.3 Å². The van der Waals surface area contributed by atoms with Gasteiger partial charge in [0.2, 0.25) is 5.88 Å². The lowest BCUT2D eigenvalue weighted by molar-refractivity contribution is -0.139. The third-order valence-corrected chi connectivity index (χ3v) is 4.08. The number of carboxylic acids is 1. The summed E-state index contributed by atoms with van der Waals surface area (Å²) in [6, 6.07) is -1.88. The molecule has 0 radical (unpaired) electrons. The summed E-state index contributed by atoms with van der Waals surface area (Å²) >= 11 is 0. The molecule has 0 aromatic carbocycles. The Morgan fingerprint density at radius 1 is 1.16 bits per heavy atom. The molecule has 1 amide bonds. The second-order valence-electron chi connectivity index (χ2n) is 6.91. The molecule has 0 saturated heterocycles. The van der Waals surface area contributed by atoms with E-state index >= 15 is 0 Å². The Labute approximate surface area is 171 Å². The fourth-order valence-electron chi connectivity index (χ4n) is 1.90. The number of ether oxygens (including phenoxy) is 1. The van der Waals surface area contributed by atoms with Crippen LogP contribution in [0.5, 0.6) is 5.88 Å². The number of carbonyl (C=O) groups excluding carboxylic acids is 1. The molecule has 1 atom stereocenters. The number of nitrogens with one attached hydrogen (secondary N) is 1. The molecule has 1 aromatic heterocycles. The lowest BCUT2D eigenvalue weighted by atomic mass is 10.1. The number of aliphatic carboxylic acids is 1. The molecule has 1 aromatic rings. The van der Waals surface area contributed by atoms with Crippen LogP contribution in [-0.2, 0) is 32.2 Å². The van der Waals surface area contributed by atoms with E-state index in [-0.39, 0.29) is 12.3 Å². The maximum absolute atomic E-state index is 12.9. The Morgan fingerprint density at radius 3 is 2.13 bits per heavy atom. The number of halogens is 6. The zero-order valence-corrected chi connectivity index (χ0v) is 16.8. The van der Waals surface area contributed by atoms with Gasteiger partial charge in [0.05, 0.1) is 5.56 Å². The van der Waals surface area contributed by atoms with Crippen LogP contribution in [0.1, 0.15) is 31.9 Å². The van der Waals surface area contributed by atoms with Crippen molar-refractivity contribution in [3.8, 4) is 5.88 Å². The van der Waals surface area contributed by atoms with E-state index < -0.39 is 68.9 Å². The Morgan fingerprint density at radius 2 is 1.71 bits per heavy atom. The SMILES string of the molecule is CC(C)(C)OC(=O)N[C@@H](Cc1cc(C(F)(F)F)cnc1OS(=O)(=O)C(F)(F)F)C(=O)O. The first-order valence-corrected chi connectivity index (χ1v) is 9.43. The Hall–Kier alpha value is -2.78. The van der Waals surface area contributed by atoms with Gasteiger partial charge in [-0.1, -0.05) is 0 Å². The van der Waals surface area contributed by atoms with E-state index in [9.17, 15) is 49.5 Å². The molecule has 0 fully saturated rings. The predicted molar refractivity (Wildman–Crippen MR) is 89.3 cm³/mol. The fraction of sp³-hybridized carbons (Fsp3) is 0.533. The highest BCUT2D eigenvalue weighted by atomic mass is 32.2. The molecule has 0 aliphatic heterocycles. The normalized spacial score (nSPS) is 14.0. The van der Waals surface area contributed by atoms with Crippen molar-refractivity contribution in [3.63, 3.8) is 0 Å². The summed E-state index contributed by atoms with van der Waals surface area (Å²) in [5.74, 6) is -3.25. The van der Waals surface area contributed by atoms with Gasteiger partial charge in [0.25, 0.3) is 0 Å². The van der Waals surface area contributed by atoms with Crippen LogP contribution >= 0.6 is 0 Å². The van der Waals surface area contributed by atoms with Gasteiger partial charge < -0.3 is 19.3 Å². The molecule has 31 heavy (non-hydrogen) atoms. The monoisotopic (exact) mass is 482 g/mol. The molecule has 0 saturated carbocycles. The smallest absolute Gasteiger partial charge is 0.480 e. The zero-order chi connectivity index (χ0) is 24.4. The predicted octanol–water partition coefficient (Wildman–Crippen LogP) is 2.85. The topological polar surface area (TPSA) is 132 Å². The molecule has 16 heteroatoms. The summed E-state index contributed by atoms with van der Waals surface area (Å²) in [5.41, 5.74) is -9.53. The van der Waals surface area contributed by atoms with Crippen LogP contribution < -0.4 is 9.50 Å². The summed E-state index contributed by atoms with van der Waals surface area (Å²) in [5, 5.41) is 11.0. The second kappa shape index (κ2) is 8.76. The van der Waals surface area contributed by atoms with Crippen molar-refractivity contribution in [2.45, 2.75) is 50.5 Å². The summed E-state index contributed by atoms with van der Waals surface area (Å²) in [7, 11) is -6.33. The van der Waals surface area contributed by atoms with Crippen LogP contribution in [0.3, 0.4) is 0 Å². The summed E-state index contributed by atoms with van der Waals surface area (Å²) in [6.07, 6.45) is -7.47. The maximum Gasteiger partial charge on any atom is 0.534 e. The highest BCUT2D eigenvalue weighted by molar-refractivity contribution is 7.87. The number of alkyl carbamates (subject to hydrolysis) is 1. The van der Waals surface area contributed by atoms with E-state index in [2.05, 4.69) is 9.17 Å². The molecule has 0 unspecified atom stereocenters. The second-order valence-corrected chi connectivity index (χ2v) is 8.45. The molecule has 1 rings (SSSR count). The number of carboxylic acid groups (broad SMARTS) is 1. The number of rotatable bonds is 6.